The van der Waals surface area contributed by atoms with Crippen LogP contribution in [0.3, 0.4) is 0 Å². The molecule has 4 nitrogen and oxygen atoms in total. The molecule has 1 heterocycles. The normalized spacial score (nSPS) is 12.1. The molecule has 0 saturated carbocycles. The molecule has 21 heavy (non-hydrogen) atoms. The number of rotatable bonds is 4. The molecule has 0 unspecified atom stereocenters. The average Bonchev–Trinajstić information content (AvgIpc) is 2.83. The van der Waals surface area contributed by atoms with Crippen LogP contribution in [0.2, 0.25) is 5.02 Å². The number of alkyl halides is 3. The Morgan fingerprint density at radius 2 is 2.05 bits per heavy atom. The summed E-state index contributed by atoms with van der Waals surface area (Å²) in [4.78, 5) is 0. The van der Waals surface area contributed by atoms with Crippen LogP contribution in [0.5, 0.6) is 0 Å². The van der Waals surface area contributed by atoms with E-state index in [0.29, 0.717) is 17.9 Å². The summed E-state index contributed by atoms with van der Waals surface area (Å²) in [5, 5.41) is 10.8. The maximum absolute atomic E-state index is 12.6. The van der Waals surface area contributed by atoms with Gasteiger partial charge in [0.2, 0.25) is 0 Å². The Morgan fingerprint density at radius 1 is 1.33 bits per heavy atom. The van der Waals surface area contributed by atoms with Crippen molar-refractivity contribution in [1.82, 2.24) is 20.3 Å². The van der Waals surface area contributed by atoms with E-state index in [4.69, 9.17) is 11.6 Å². The molecule has 0 amide bonds. The lowest BCUT2D eigenvalue weighted by atomic mass is 10.2. The molecule has 0 fully saturated rings. The van der Waals surface area contributed by atoms with Crippen molar-refractivity contribution >= 4 is 11.6 Å². The Balaban J connectivity index is 2.33. The van der Waals surface area contributed by atoms with E-state index in [0.717, 1.165) is 12.1 Å². The highest BCUT2D eigenvalue weighted by Gasteiger charge is 2.31. The SMILES string of the molecule is CC(C)NCc1cnnn1-c1ccc(C(F)(F)F)cc1Cl. The minimum atomic E-state index is -4.42. The predicted molar refractivity (Wildman–Crippen MR) is 73.3 cm³/mol. The van der Waals surface area contributed by atoms with Crippen molar-refractivity contribution in [2.24, 2.45) is 0 Å². The Kier molecular flexibility index (Phi) is 4.53. The first kappa shape index (κ1) is 15.8. The van der Waals surface area contributed by atoms with Crippen molar-refractivity contribution in [3.05, 3.63) is 40.7 Å². The molecule has 114 valence electrons. The molecule has 8 heteroatoms. The van der Waals surface area contributed by atoms with Gasteiger partial charge >= 0.3 is 6.18 Å². The van der Waals surface area contributed by atoms with Gasteiger partial charge < -0.3 is 5.32 Å². The van der Waals surface area contributed by atoms with Gasteiger partial charge in [0.15, 0.2) is 0 Å². The van der Waals surface area contributed by atoms with Crippen molar-refractivity contribution in [3.8, 4) is 5.69 Å². The van der Waals surface area contributed by atoms with Crippen LogP contribution in [0.15, 0.2) is 24.4 Å². The van der Waals surface area contributed by atoms with E-state index in [9.17, 15) is 13.2 Å². The lowest BCUT2D eigenvalue weighted by Crippen LogP contribution is -2.23. The second-order valence-corrected chi connectivity index (χ2v) is 5.24. The maximum Gasteiger partial charge on any atom is 0.416 e. The molecule has 2 aromatic rings. The third kappa shape index (κ3) is 3.74. The first-order chi connectivity index (χ1) is 9.79. The Bertz CT molecular complexity index is 622. The van der Waals surface area contributed by atoms with Gasteiger partial charge in [0.05, 0.1) is 28.2 Å². The van der Waals surface area contributed by atoms with Gasteiger partial charge in [0.25, 0.3) is 0 Å². The minimum Gasteiger partial charge on any atom is -0.309 e. The molecule has 0 radical (unpaired) electrons. The fourth-order valence-electron chi connectivity index (χ4n) is 1.74. The van der Waals surface area contributed by atoms with Crippen LogP contribution in [0, 0.1) is 0 Å². The van der Waals surface area contributed by atoms with Crippen molar-refractivity contribution in [2.45, 2.75) is 32.6 Å². The van der Waals surface area contributed by atoms with E-state index in [1.54, 1.807) is 6.20 Å². The molecule has 0 aliphatic rings. The second kappa shape index (κ2) is 6.03. The molecule has 0 atom stereocenters. The summed E-state index contributed by atoms with van der Waals surface area (Å²) < 4.78 is 39.3. The van der Waals surface area contributed by atoms with Gasteiger partial charge in [-0.1, -0.05) is 30.7 Å². The monoisotopic (exact) mass is 318 g/mol. The van der Waals surface area contributed by atoms with Gasteiger partial charge in [-0.25, -0.2) is 4.68 Å². The quantitative estimate of drug-likeness (QED) is 0.939. The number of nitrogens with one attached hydrogen (secondary N) is 1. The first-order valence-electron chi connectivity index (χ1n) is 6.29. The number of nitrogens with zero attached hydrogens (tertiary/aromatic N) is 3. The highest BCUT2D eigenvalue weighted by Crippen LogP contribution is 2.33. The van der Waals surface area contributed by atoms with Crippen molar-refractivity contribution in [1.29, 1.82) is 0 Å². The van der Waals surface area contributed by atoms with Gasteiger partial charge in [-0.3, -0.25) is 0 Å². The molecular weight excluding hydrogens is 305 g/mol. The zero-order chi connectivity index (χ0) is 15.6. The minimum absolute atomic E-state index is 0.0267. The van der Waals surface area contributed by atoms with Gasteiger partial charge in [-0.15, -0.1) is 5.10 Å². The molecule has 1 aromatic heterocycles. The molecule has 0 saturated heterocycles. The number of aromatic nitrogens is 3. The zero-order valence-corrected chi connectivity index (χ0v) is 12.2. The van der Waals surface area contributed by atoms with Crippen LogP contribution >= 0.6 is 11.6 Å². The van der Waals surface area contributed by atoms with Crippen LogP contribution in [0.25, 0.3) is 5.69 Å². The lowest BCUT2D eigenvalue weighted by molar-refractivity contribution is -0.137. The second-order valence-electron chi connectivity index (χ2n) is 4.84. The number of halogens is 4. The van der Waals surface area contributed by atoms with Gasteiger partial charge in [-0.2, -0.15) is 13.2 Å². The molecule has 2 rings (SSSR count). The highest BCUT2D eigenvalue weighted by molar-refractivity contribution is 6.32. The van der Waals surface area contributed by atoms with Crippen molar-refractivity contribution in [3.63, 3.8) is 0 Å². The summed E-state index contributed by atoms with van der Waals surface area (Å²) in [7, 11) is 0. The maximum atomic E-state index is 12.6. The summed E-state index contributed by atoms with van der Waals surface area (Å²) in [6.45, 7) is 4.46. The molecule has 1 aromatic carbocycles. The highest BCUT2D eigenvalue weighted by atomic mass is 35.5. The van der Waals surface area contributed by atoms with Gasteiger partial charge in [0.1, 0.15) is 0 Å². The molecule has 0 bridgehead atoms. The number of benzene rings is 1. The molecular formula is C13H14ClF3N4. The van der Waals surface area contributed by atoms with Crippen molar-refractivity contribution in [2.75, 3.05) is 0 Å². The van der Waals surface area contributed by atoms with E-state index in [2.05, 4.69) is 15.6 Å². The van der Waals surface area contributed by atoms with Crippen molar-refractivity contribution < 1.29 is 13.2 Å². The molecule has 0 aliphatic heterocycles. The van der Waals surface area contributed by atoms with Crippen LogP contribution in [0.1, 0.15) is 25.1 Å². The molecule has 0 spiro atoms. The molecule has 0 aliphatic carbocycles. The van der Waals surface area contributed by atoms with Crippen LogP contribution in [-0.2, 0) is 12.7 Å². The van der Waals surface area contributed by atoms with E-state index >= 15 is 0 Å². The number of hydrogen-bond acceptors (Lipinski definition) is 3. The Morgan fingerprint density at radius 3 is 2.62 bits per heavy atom. The molecule has 1 N–H and O–H groups in total. The van der Waals surface area contributed by atoms with Crippen LogP contribution in [0.4, 0.5) is 13.2 Å². The lowest BCUT2D eigenvalue weighted by Gasteiger charge is -2.12. The van der Waals surface area contributed by atoms with Crippen LogP contribution < -0.4 is 5.32 Å². The summed E-state index contributed by atoms with van der Waals surface area (Å²) >= 11 is 5.95. The Labute approximate surface area is 124 Å². The third-order valence-corrected chi connectivity index (χ3v) is 3.12. The summed E-state index contributed by atoms with van der Waals surface area (Å²) in [5.41, 5.74) is 0.284. The largest absolute Gasteiger partial charge is 0.416 e. The van der Waals surface area contributed by atoms with E-state index < -0.39 is 11.7 Å². The van der Waals surface area contributed by atoms with E-state index in [1.165, 1.54) is 10.7 Å². The summed E-state index contributed by atoms with van der Waals surface area (Å²) in [5.74, 6) is 0. The van der Waals surface area contributed by atoms with Gasteiger partial charge in [-0.05, 0) is 18.2 Å². The summed E-state index contributed by atoms with van der Waals surface area (Å²) in [6.07, 6.45) is -2.88. The topological polar surface area (TPSA) is 42.7 Å². The standard InChI is InChI=1S/C13H14ClF3N4/c1-8(2)18-6-10-7-19-20-21(10)12-4-3-9(5-11(12)14)13(15,16)17/h3-5,7-8,18H,6H2,1-2H3. The predicted octanol–water partition coefficient (Wildman–Crippen LogP) is 3.44. The zero-order valence-electron chi connectivity index (χ0n) is 11.4. The number of hydrogen-bond donors (Lipinski definition) is 1. The smallest absolute Gasteiger partial charge is 0.309 e. The summed E-state index contributed by atoms with van der Waals surface area (Å²) in [6, 6.07) is 3.41. The van der Waals surface area contributed by atoms with E-state index in [-0.39, 0.29) is 11.1 Å². The van der Waals surface area contributed by atoms with Gasteiger partial charge in [0, 0.05) is 12.6 Å². The van der Waals surface area contributed by atoms with Crippen LogP contribution in [-0.4, -0.2) is 21.0 Å². The fraction of sp³-hybridized carbons (Fsp3) is 0.385. The fourth-order valence-corrected chi connectivity index (χ4v) is 2.00. The first-order valence-corrected chi connectivity index (χ1v) is 6.67. The Hall–Kier alpha value is -1.60. The average molecular weight is 319 g/mol. The third-order valence-electron chi connectivity index (χ3n) is 2.81. The van der Waals surface area contributed by atoms with E-state index in [1.807, 2.05) is 13.8 Å².